The monoisotopic (exact) mass is 245 g/mol. The minimum Gasteiger partial charge on any atom is -0.382 e. The summed E-state index contributed by atoms with van der Waals surface area (Å²) in [5, 5.41) is 6.44. The molecule has 1 aliphatic heterocycles. The molecule has 4 heteroatoms. The van der Waals surface area contributed by atoms with Crippen LogP contribution < -0.4 is 10.6 Å². The summed E-state index contributed by atoms with van der Waals surface area (Å²) in [5.74, 6) is 0.907. The molecule has 0 aromatic carbocycles. The molecule has 18 heavy (non-hydrogen) atoms. The fourth-order valence-corrected chi connectivity index (χ4v) is 2.97. The van der Waals surface area contributed by atoms with E-state index in [0.717, 1.165) is 49.5 Å². The van der Waals surface area contributed by atoms with Gasteiger partial charge in [0.15, 0.2) is 0 Å². The molecule has 0 bridgehead atoms. The lowest BCUT2D eigenvalue weighted by molar-refractivity contribution is -0.126. The molecule has 0 atom stereocenters. The minimum absolute atomic E-state index is 0.161. The SMILES string of the molecule is CC1CCC2(CC1)CNc1ccncc1NC2=O. The van der Waals surface area contributed by atoms with E-state index in [-0.39, 0.29) is 11.3 Å². The van der Waals surface area contributed by atoms with Crippen molar-refractivity contribution in [2.45, 2.75) is 32.6 Å². The van der Waals surface area contributed by atoms with E-state index in [9.17, 15) is 4.79 Å². The first-order chi connectivity index (χ1) is 8.70. The van der Waals surface area contributed by atoms with Crippen LogP contribution >= 0.6 is 0 Å². The smallest absolute Gasteiger partial charge is 0.232 e. The van der Waals surface area contributed by atoms with Crippen LogP contribution in [0, 0.1) is 11.3 Å². The predicted octanol–water partition coefficient (Wildman–Crippen LogP) is 2.64. The molecule has 0 radical (unpaired) electrons. The Hall–Kier alpha value is -1.58. The second-order valence-corrected chi connectivity index (χ2v) is 5.69. The number of fused-ring (bicyclic) bond motifs is 1. The third kappa shape index (κ3) is 1.85. The van der Waals surface area contributed by atoms with Gasteiger partial charge in [-0.3, -0.25) is 9.78 Å². The van der Waals surface area contributed by atoms with E-state index < -0.39 is 0 Å². The quantitative estimate of drug-likeness (QED) is 0.738. The Morgan fingerprint density at radius 3 is 2.89 bits per heavy atom. The van der Waals surface area contributed by atoms with E-state index in [2.05, 4.69) is 22.5 Å². The van der Waals surface area contributed by atoms with Gasteiger partial charge in [-0.15, -0.1) is 0 Å². The topological polar surface area (TPSA) is 54.0 Å². The Labute approximate surface area is 107 Å². The van der Waals surface area contributed by atoms with Crippen molar-refractivity contribution in [3.8, 4) is 0 Å². The van der Waals surface area contributed by atoms with E-state index in [4.69, 9.17) is 0 Å². The number of hydrogen-bond donors (Lipinski definition) is 2. The lowest BCUT2D eigenvalue weighted by atomic mass is 9.70. The first-order valence-electron chi connectivity index (χ1n) is 6.69. The van der Waals surface area contributed by atoms with Crippen molar-refractivity contribution in [3.63, 3.8) is 0 Å². The maximum absolute atomic E-state index is 12.5. The van der Waals surface area contributed by atoms with Crippen LogP contribution in [0.5, 0.6) is 0 Å². The molecule has 1 spiro atoms. The number of hydrogen-bond acceptors (Lipinski definition) is 3. The standard InChI is InChI=1S/C14H19N3O/c1-10-2-5-14(6-3-10)9-16-11-4-7-15-8-12(11)17-13(14)18/h4,7-8,10,16H,2-3,5-6,9H2,1H3,(H,17,18). The Morgan fingerprint density at radius 2 is 2.11 bits per heavy atom. The number of carbonyl (C=O) groups is 1. The van der Waals surface area contributed by atoms with Gasteiger partial charge in [0.25, 0.3) is 0 Å². The fourth-order valence-electron chi connectivity index (χ4n) is 2.97. The third-order valence-corrected chi connectivity index (χ3v) is 4.40. The molecular formula is C14H19N3O. The Balaban J connectivity index is 1.87. The largest absolute Gasteiger partial charge is 0.382 e. The van der Waals surface area contributed by atoms with E-state index in [1.807, 2.05) is 6.07 Å². The van der Waals surface area contributed by atoms with Gasteiger partial charge in [0.05, 0.1) is 23.0 Å². The predicted molar refractivity (Wildman–Crippen MR) is 71.4 cm³/mol. The van der Waals surface area contributed by atoms with Gasteiger partial charge in [0.2, 0.25) is 5.91 Å². The van der Waals surface area contributed by atoms with Gasteiger partial charge in [0.1, 0.15) is 0 Å². The normalized spacial score (nSPS) is 31.2. The van der Waals surface area contributed by atoms with Crippen molar-refractivity contribution in [2.24, 2.45) is 11.3 Å². The first-order valence-corrected chi connectivity index (χ1v) is 6.69. The van der Waals surface area contributed by atoms with Crippen LogP contribution in [0.15, 0.2) is 18.5 Å². The van der Waals surface area contributed by atoms with Crippen molar-refractivity contribution in [2.75, 3.05) is 17.2 Å². The van der Waals surface area contributed by atoms with E-state index in [1.54, 1.807) is 12.4 Å². The summed E-state index contributed by atoms with van der Waals surface area (Å²) in [6.45, 7) is 3.01. The molecule has 1 amide bonds. The number of anilines is 2. The number of aromatic nitrogens is 1. The summed E-state index contributed by atoms with van der Waals surface area (Å²) >= 11 is 0. The van der Waals surface area contributed by atoms with Crippen molar-refractivity contribution in [1.82, 2.24) is 4.98 Å². The summed E-state index contributed by atoms with van der Waals surface area (Å²) < 4.78 is 0. The lowest BCUT2D eigenvalue weighted by Gasteiger charge is -2.36. The zero-order chi connectivity index (χ0) is 12.6. The summed E-state index contributed by atoms with van der Waals surface area (Å²) in [4.78, 5) is 16.5. The van der Waals surface area contributed by atoms with Crippen molar-refractivity contribution >= 4 is 17.3 Å². The van der Waals surface area contributed by atoms with Gasteiger partial charge in [-0.2, -0.15) is 0 Å². The molecule has 1 fully saturated rings. The minimum atomic E-state index is -0.231. The van der Waals surface area contributed by atoms with Crippen molar-refractivity contribution in [1.29, 1.82) is 0 Å². The van der Waals surface area contributed by atoms with Crippen LogP contribution in [0.1, 0.15) is 32.6 Å². The van der Waals surface area contributed by atoms with Gasteiger partial charge in [0, 0.05) is 12.7 Å². The average molecular weight is 245 g/mol. The Kier molecular flexibility index (Phi) is 2.73. The van der Waals surface area contributed by atoms with E-state index >= 15 is 0 Å². The van der Waals surface area contributed by atoms with Gasteiger partial charge in [-0.05, 0) is 37.7 Å². The van der Waals surface area contributed by atoms with Gasteiger partial charge < -0.3 is 10.6 Å². The molecule has 1 aromatic heterocycles. The maximum Gasteiger partial charge on any atom is 0.232 e. The number of carbonyl (C=O) groups excluding carboxylic acids is 1. The van der Waals surface area contributed by atoms with Gasteiger partial charge in [-0.1, -0.05) is 6.92 Å². The number of nitrogens with zero attached hydrogens (tertiary/aromatic N) is 1. The lowest BCUT2D eigenvalue weighted by Crippen LogP contribution is -2.42. The highest BCUT2D eigenvalue weighted by atomic mass is 16.2. The van der Waals surface area contributed by atoms with Crippen LogP contribution in [-0.2, 0) is 4.79 Å². The highest BCUT2D eigenvalue weighted by molar-refractivity contribution is 5.99. The zero-order valence-corrected chi connectivity index (χ0v) is 10.7. The molecule has 2 aliphatic rings. The Bertz CT molecular complexity index is 464. The van der Waals surface area contributed by atoms with E-state index in [1.165, 1.54) is 0 Å². The molecule has 1 aromatic rings. The molecule has 3 rings (SSSR count). The number of rotatable bonds is 0. The molecule has 1 saturated carbocycles. The van der Waals surface area contributed by atoms with Gasteiger partial charge in [-0.25, -0.2) is 0 Å². The van der Waals surface area contributed by atoms with Crippen LogP contribution in [0.25, 0.3) is 0 Å². The van der Waals surface area contributed by atoms with Crippen molar-refractivity contribution < 1.29 is 4.79 Å². The number of amides is 1. The highest BCUT2D eigenvalue weighted by Gasteiger charge is 2.42. The number of nitrogens with one attached hydrogen (secondary N) is 2. The third-order valence-electron chi connectivity index (χ3n) is 4.40. The molecule has 96 valence electrons. The van der Waals surface area contributed by atoms with E-state index in [0.29, 0.717) is 0 Å². The fraction of sp³-hybridized carbons (Fsp3) is 0.571. The average Bonchev–Trinajstić information content (AvgIpc) is 2.52. The van der Waals surface area contributed by atoms with Crippen LogP contribution in [-0.4, -0.2) is 17.4 Å². The summed E-state index contributed by atoms with van der Waals surface area (Å²) in [6, 6.07) is 1.92. The molecule has 1 aliphatic carbocycles. The second-order valence-electron chi connectivity index (χ2n) is 5.69. The summed E-state index contributed by atoms with van der Waals surface area (Å²) in [5.41, 5.74) is 1.55. The molecule has 4 nitrogen and oxygen atoms in total. The first kappa shape index (κ1) is 11.5. The molecule has 0 unspecified atom stereocenters. The molecule has 0 saturated heterocycles. The maximum atomic E-state index is 12.5. The van der Waals surface area contributed by atoms with Crippen molar-refractivity contribution in [3.05, 3.63) is 18.5 Å². The molecule has 2 N–H and O–H groups in total. The summed E-state index contributed by atoms with van der Waals surface area (Å²) in [7, 11) is 0. The van der Waals surface area contributed by atoms with Crippen LogP contribution in [0.4, 0.5) is 11.4 Å². The highest BCUT2D eigenvalue weighted by Crippen LogP contribution is 2.42. The Morgan fingerprint density at radius 1 is 1.33 bits per heavy atom. The van der Waals surface area contributed by atoms with Crippen LogP contribution in [0.2, 0.25) is 0 Å². The van der Waals surface area contributed by atoms with Gasteiger partial charge >= 0.3 is 0 Å². The second kappa shape index (κ2) is 4.26. The summed E-state index contributed by atoms with van der Waals surface area (Å²) in [6.07, 6.45) is 7.71. The zero-order valence-electron chi connectivity index (χ0n) is 10.7. The molecule has 2 heterocycles. The van der Waals surface area contributed by atoms with Crippen LogP contribution in [0.3, 0.4) is 0 Å². The number of pyridine rings is 1. The molecular weight excluding hydrogens is 226 g/mol.